The van der Waals surface area contributed by atoms with Gasteiger partial charge < -0.3 is 0 Å². The van der Waals surface area contributed by atoms with Gasteiger partial charge >= 0.3 is 0 Å². The van der Waals surface area contributed by atoms with Gasteiger partial charge in [0, 0.05) is 13.3 Å². The van der Waals surface area contributed by atoms with Crippen LogP contribution in [0.2, 0.25) is 0 Å². The number of carbonyl (C=O) groups is 2. The number of hydrogen-bond donors (Lipinski definition) is 0. The Balaban J connectivity index is 2.30. The lowest BCUT2D eigenvalue weighted by molar-refractivity contribution is -0.142. The maximum atomic E-state index is 11.5. The maximum Gasteiger partial charge on any atom is 0.229 e. The quantitative estimate of drug-likeness (QED) is 0.699. The molecule has 1 atom stereocenters. The first-order chi connectivity index (χ1) is 7.20. The second kappa shape index (κ2) is 3.85. The summed E-state index contributed by atoms with van der Waals surface area (Å²) in [6.07, 6.45) is 1.21. The smallest absolute Gasteiger partial charge is 0.229 e. The van der Waals surface area contributed by atoms with Crippen molar-refractivity contribution in [3.05, 3.63) is 35.9 Å². The van der Waals surface area contributed by atoms with Crippen LogP contribution in [-0.4, -0.2) is 16.7 Å². The van der Waals surface area contributed by atoms with Crippen LogP contribution in [0, 0.1) is 0 Å². The summed E-state index contributed by atoms with van der Waals surface area (Å²) in [6.45, 7) is 1.44. The Bertz CT molecular complexity index is 386. The highest BCUT2D eigenvalue weighted by atomic mass is 16.2. The highest BCUT2D eigenvalue weighted by molar-refractivity contribution is 5.96. The van der Waals surface area contributed by atoms with Crippen LogP contribution in [0.4, 0.5) is 0 Å². The Morgan fingerprint density at radius 2 is 2.00 bits per heavy atom. The number of hydrogen-bond acceptors (Lipinski definition) is 2. The van der Waals surface area contributed by atoms with Crippen LogP contribution in [0.5, 0.6) is 0 Å². The van der Waals surface area contributed by atoms with Crippen LogP contribution in [0.1, 0.15) is 31.4 Å². The van der Waals surface area contributed by atoms with Gasteiger partial charge in [0.25, 0.3) is 0 Å². The molecule has 1 saturated heterocycles. The van der Waals surface area contributed by atoms with E-state index in [1.807, 2.05) is 30.3 Å². The molecule has 1 heterocycles. The number of rotatable bonds is 1. The molecule has 15 heavy (non-hydrogen) atoms. The molecule has 1 fully saturated rings. The minimum absolute atomic E-state index is 0.0589. The van der Waals surface area contributed by atoms with Crippen molar-refractivity contribution in [1.29, 1.82) is 0 Å². The molecule has 0 aliphatic carbocycles. The largest absolute Gasteiger partial charge is 0.275 e. The summed E-state index contributed by atoms with van der Waals surface area (Å²) in [5.74, 6) is -0.220. The summed E-state index contributed by atoms with van der Waals surface area (Å²) in [5, 5.41) is 0. The average molecular weight is 203 g/mol. The van der Waals surface area contributed by atoms with Crippen molar-refractivity contribution in [2.75, 3.05) is 0 Å². The van der Waals surface area contributed by atoms with E-state index in [1.165, 1.54) is 11.8 Å². The molecular formula is C12H13NO2. The number of likely N-dealkylation sites (tertiary alicyclic amines) is 1. The fraction of sp³-hybridized carbons (Fsp3) is 0.333. The van der Waals surface area contributed by atoms with Crippen LogP contribution in [-0.2, 0) is 9.59 Å². The first-order valence-electron chi connectivity index (χ1n) is 5.07. The Hall–Kier alpha value is -1.64. The van der Waals surface area contributed by atoms with Gasteiger partial charge in [0.05, 0.1) is 6.04 Å². The molecular weight excluding hydrogens is 190 g/mol. The molecule has 2 rings (SSSR count). The molecule has 1 unspecified atom stereocenters. The molecule has 1 aromatic carbocycles. The highest BCUT2D eigenvalue weighted by Gasteiger charge is 2.34. The first-order valence-corrected chi connectivity index (χ1v) is 5.07. The second-order valence-corrected chi connectivity index (χ2v) is 3.75. The summed E-state index contributed by atoms with van der Waals surface area (Å²) >= 11 is 0. The second-order valence-electron chi connectivity index (χ2n) is 3.75. The van der Waals surface area contributed by atoms with E-state index in [0.29, 0.717) is 6.42 Å². The topological polar surface area (TPSA) is 37.4 Å². The average Bonchev–Trinajstić information content (AvgIpc) is 2.61. The molecule has 0 aromatic heterocycles. The Morgan fingerprint density at radius 1 is 1.33 bits per heavy atom. The Labute approximate surface area is 88.7 Å². The molecule has 3 heteroatoms. The van der Waals surface area contributed by atoms with Crippen molar-refractivity contribution in [2.24, 2.45) is 0 Å². The fourth-order valence-corrected chi connectivity index (χ4v) is 2.07. The third-order valence-electron chi connectivity index (χ3n) is 2.74. The molecule has 3 nitrogen and oxygen atoms in total. The number of amides is 2. The first kappa shape index (κ1) is 9.90. The maximum absolute atomic E-state index is 11.5. The minimum Gasteiger partial charge on any atom is -0.275 e. The van der Waals surface area contributed by atoms with Crippen LogP contribution in [0.3, 0.4) is 0 Å². The summed E-state index contributed by atoms with van der Waals surface area (Å²) in [5.41, 5.74) is 1.04. The van der Waals surface area contributed by atoms with Crippen molar-refractivity contribution in [3.8, 4) is 0 Å². The predicted octanol–water partition coefficient (Wildman–Crippen LogP) is 1.90. The molecule has 0 N–H and O–H groups in total. The predicted molar refractivity (Wildman–Crippen MR) is 55.9 cm³/mol. The third kappa shape index (κ3) is 1.77. The van der Waals surface area contributed by atoms with Gasteiger partial charge in [-0.25, -0.2) is 0 Å². The molecule has 1 aliphatic rings. The highest BCUT2D eigenvalue weighted by Crippen LogP contribution is 2.32. The van der Waals surface area contributed by atoms with E-state index in [-0.39, 0.29) is 17.9 Å². The molecule has 0 radical (unpaired) electrons. The van der Waals surface area contributed by atoms with Crippen LogP contribution < -0.4 is 0 Å². The molecule has 0 spiro atoms. The van der Waals surface area contributed by atoms with Crippen LogP contribution >= 0.6 is 0 Å². The van der Waals surface area contributed by atoms with E-state index in [4.69, 9.17) is 0 Å². The molecule has 0 saturated carbocycles. The van der Waals surface area contributed by atoms with E-state index in [2.05, 4.69) is 0 Å². The van der Waals surface area contributed by atoms with E-state index in [1.54, 1.807) is 0 Å². The lowest BCUT2D eigenvalue weighted by Crippen LogP contribution is -2.32. The van der Waals surface area contributed by atoms with Gasteiger partial charge in [-0.15, -0.1) is 0 Å². The number of benzene rings is 1. The Morgan fingerprint density at radius 3 is 2.60 bits per heavy atom. The van der Waals surface area contributed by atoms with Crippen LogP contribution in [0.25, 0.3) is 0 Å². The van der Waals surface area contributed by atoms with Gasteiger partial charge in [-0.1, -0.05) is 30.3 Å². The summed E-state index contributed by atoms with van der Waals surface area (Å²) < 4.78 is 0. The van der Waals surface area contributed by atoms with Gasteiger partial charge in [-0.05, 0) is 12.0 Å². The van der Waals surface area contributed by atoms with E-state index < -0.39 is 0 Å². The Kier molecular flexibility index (Phi) is 2.54. The normalized spacial score (nSPS) is 20.7. The van der Waals surface area contributed by atoms with E-state index in [0.717, 1.165) is 12.0 Å². The monoisotopic (exact) mass is 203 g/mol. The van der Waals surface area contributed by atoms with Crippen LogP contribution in [0.15, 0.2) is 30.3 Å². The molecule has 1 aliphatic heterocycles. The van der Waals surface area contributed by atoms with Gasteiger partial charge in [0.15, 0.2) is 0 Å². The number of carbonyl (C=O) groups excluding carboxylic acids is 2. The number of imide groups is 1. The third-order valence-corrected chi connectivity index (χ3v) is 2.74. The van der Waals surface area contributed by atoms with Gasteiger partial charge in [0.1, 0.15) is 0 Å². The zero-order valence-corrected chi connectivity index (χ0v) is 8.64. The zero-order valence-electron chi connectivity index (χ0n) is 8.64. The summed E-state index contributed by atoms with van der Waals surface area (Å²) in [7, 11) is 0. The van der Waals surface area contributed by atoms with Gasteiger partial charge in [-0.2, -0.15) is 0 Å². The van der Waals surface area contributed by atoms with Crippen molar-refractivity contribution in [3.63, 3.8) is 0 Å². The summed E-state index contributed by atoms with van der Waals surface area (Å²) in [6, 6.07) is 9.64. The molecule has 0 bridgehead atoms. The SMILES string of the molecule is CC(=O)N1C(=O)CCC1c1ccccc1. The van der Waals surface area contributed by atoms with Gasteiger partial charge in [-0.3, -0.25) is 14.5 Å². The van der Waals surface area contributed by atoms with Crippen molar-refractivity contribution in [1.82, 2.24) is 4.90 Å². The zero-order chi connectivity index (χ0) is 10.8. The van der Waals surface area contributed by atoms with Crippen molar-refractivity contribution < 1.29 is 9.59 Å². The summed E-state index contributed by atoms with van der Waals surface area (Å²) in [4.78, 5) is 24.2. The molecule has 78 valence electrons. The fourth-order valence-electron chi connectivity index (χ4n) is 2.07. The van der Waals surface area contributed by atoms with Gasteiger partial charge in [0.2, 0.25) is 11.8 Å². The van der Waals surface area contributed by atoms with E-state index >= 15 is 0 Å². The molecule has 2 amide bonds. The lowest BCUT2D eigenvalue weighted by Gasteiger charge is -2.21. The lowest BCUT2D eigenvalue weighted by atomic mass is 10.0. The van der Waals surface area contributed by atoms with E-state index in [9.17, 15) is 9.59 Å². The number of nitrogens with zero attached hydrogens (tertiary/aromatic N) is 1. The van der Waals surface area contributed by atoms with Crippen molar-refractivity contribution in [2.45, 2.75) is 25.8 Å². The van der Waals surface area contributed by atoms with Crippen molar-refractivity contribution >= 4 is 11.8 Å². The minimum atomic E-state index is -0.161. The molecule has 1 aromatic rings. The standard InChI is InChI=1S/C12H13NO2/c1-9(14)13-11(7-8-12(13)15)10-5-3-2-4-6-10/h2-6,11H,7-8H2,1H3.